The highest BCUT2D eigenvalue weighted by atomic mass is 16.5. The Kier molecular flexibility index (Phi) is 5.35. The monoisotopic (exact) mass is 186 g/mol. The van der Waals surface area contributed by atoms with Crippen molar-refractivity contribution in [2.45, 2.75) is 25.8 Å². The van der Waals surface area contributed by atoms with Crippen molar-refractivity contribution in [1.29, 1.82) is 0 Å². The predicted octanol–water partition coefficient (Wildman–Crippen LogP) is 0.707. The van der Waals surface area contributed by atoms with Gasteiger partial charge in [-0.1, -0.05) is 0 Å². The molecule has 0 saturated carbocycles. The second-order valence-corrected chi connectivity index (χ2v) is 3.66. The van der Waals surface area contributed by atoms with Crippen molar-refractivity contribution in [1.82, 2.24) is 10.2 Å². The average Bonchev–Trinajstić information content (AvgIpc) is 2.19. The number of ether oxygens (including phenoxy) is 1. The van der Waals surface area contributed by atoms with Gasteiger partial charge in [-0.15, -0.1) is 0 Å². The van der Waals surface area contributed by atoms with Crippen molar-refractivity contribution < 1.29 is 4.74 Å². The van der Waals surface area contributed by atoms with Gasteiger partial charge < -0.3 is 15.0 Å². The summed E-state index contributed by atoms with van der Waals surface area (Å²) in [6.07, 6.45) is 2.56. The molecule has 0 atom stereocenters. The number of piperidine rings is 1. The maximum Gasteiger partial charge on any atom is 0.0593 e. The molecule has 1 saturated heterocycles. The third kappa shape index (κ3) is 4.07. The lowest BCUT2D eigenvalue weighted by atomic mass is 10.1. The van der Waals surface area contributed by atoms with Crippen LogP contribution in [-0.2, 0) is 4.74 Å². The molecule has 13 heavy (non-hydrogen) atoms. The summed E-state index contributed by atoms with van der Waals surface area (Å²) in [5.41, 5.74) is 0. The summed E-state index contributed by atoms with van der Waals surface area (Å²) in [7, 11) is 2.20. The Labute approximate surface area is 81.4 Å². The van der Waals surface area contributed by atoms with E-state index in [4.69, 9.17) is 4.74 Å². The number of likely N-dealkylation sites (N-methyl/N-ethyl adjacent to an activating group) is 1. The van der Waals surface area contributed by atoms with E-state index in [9.17, 15) is 0 Å². The first-order chi connectivity index (χ1) is 6.34. The maximum absolute atomic E-state index is 5.34. The predicted molar refractivity (Wildman–Crippen MR) is 55.0 cm³/mol. The Hall–Kier alpha value is -0.120. The summed E-state index contributed by atoms with van der Waals surface area (Å²) >= 11 is 0. The van der Waals surface area contributed by atoms with Crippen LogP contribution in [0.4, 0.5) is 0 Å². The maximum atomic E-state index is 5.34. The molecule has 0 unspecified atom stereocenters. The van der Waals surface area contributed by atoms with Gasteiger partial charge in [0, 0.05) is 19.2 Å². The van der Waals surface area contributed by atoms with Gasteiger partial charge in [0.2, 0.25) is 0 Å². The summed E-state index contributed by atoms with van der Waals surface area (Å²) < 4.78 is 5.34. The van der Waals surface area contributed by atoms with Crippen molar-refractivity contribution in [3.8, 4) is 0 Å². The molecule has 1 aliphatic heterocycles. The molecule has 0 aromatic rings. The molecule has 0 bridgehead atoms. The Morgan fingerprint density at radius 3 is 2.69 bits per heavy atom. The van der Waals surface area contributed by atoms with E-state index in [-0.39, 0.29) is 0 Å². The van der Waals surface area contributed by atoms with Crippen molar-refractivity contribution in [3.05, 3.63) is 0 Å². The summed E-state index contributed by atoms with van der Waals surface area (Å²) in [5, 5.41) is 3.38. The largest absolute Gasteiger partial charge is 0.380 e. The van der Waals surface area contributed by atoms with Crippen molar-refractivity contribution in [3.63, 3.8) is 0 Å². The highest BCUT2D eigenvalue weighted by Crippen LogP contribution is 2.08. The van der Waals surface area contributed by atoms with Crippen LogP contribution in [0.25, 0.3) is 0 Å². The number of nitrogens with zero attached hydrogens (tertiary/aromatic N) is 1. The van der Waals surface area contributed by atoms with Gasteiger partial charge in [-0.2, -0.15) is 0 Å². The molecule has 1 aliphatic rings. The fourth-order valence-corrected chi connectivity index (χ4v) is 1.78. The van der Waals surface area contributed by atoms with Crippen LogP contribution in [0.2, 0.25) is 0 Å². The molecule has 3 heteroatoms. The Bertz CT molecular complexity index is 124. The molecule has 0 amide bonds. The van der Waals surface area contributed by atoms with Gasteiger partial charge in [0.05, 0.1) is 6.61 Å². The van der Waals surface area contributed by atoms with Gasteiger partial charge in [-0.05, 0) is 39.9 Å². The van der Waals surface area contributed by atoms with Gasteiger partial charge in [-0.3, -0.25) is 0 Å². The highest BCUT2D eigenvalue weighted by molar-refractivity contribution is 4.75. The molecule has 1 heterocycles. The van der Waals surface area contributed by atoms with Gasteiger partial charge in [0.25, 0.3) is 0 Å². The summed E-state index contributed by atoms with van der Waals surface area (Å²) in [6, 6.07) is 0.765. The van der Waals surface area contributed by atoms with E-state index in [0.717, 1.165) is 25.8 Å². The van der Waals surface area contributed by atoms with Crippen LogP contribution in [0.5, 0.6) is 0 Å². The van der Waals surface area contributed by atoms with Crippen LogP contribution in [0.1, 0.15) is 19.8 Å². The molecule has 1 rings (SSSR count). The van der Waals surface area contributed by atoms with Gasteiger partial charge in [0.1, 0.15) is 0 Å². The number of nitrogens with one attached hydrogen (secondary N) is 1. The number of hydrogen-bond acceptors (Lipinski definition) is 3. The van der Waals surface area contributed by atoms with Gasteiger partial charge >= 0.3 is 0 Å². The molecular weight excluding hydrogens is 164 g/mol. The van der Waals surface area contributed by atoms with Gasteiger partial charge in [0.15, 0.2) is 0 Å². The minimum Gasteiger partial charge on any atom is -0.380 e. The molecule has 78 valence electrons. The topological polar surface area (TPSA) is 24.5 Å². The minimum absolute atomic E-state index is 0.765. The molecule has 0 aliphatic carbocycles. The lowest BCUT2D eigenvalue weighted by Gasteiger charge is -2.31. The van der Waals surface area contributed by atoms with E-state index < -0.39 is 0 Å². The molecule has 1 N–H and O–H groups in total. The van der Waals surface area contributed by atoms with E-state index >= 15 is 0 Å². The second-order valence-electron chi connectivity index (χ2n) is 3.66. The van der Waals surface area contributed by atoms with Crippen LogP contribution in [0, 0.1) is 0 Å². The Morgan fingerprint density at radius 1 is 1.38 bits per heavy atom. The molecule has 0 radical (unpaired) electrons. The Balaban J connectivity index is 2.09. The van der Waals surface area contributed by atoms with Crippen LogP contribution in [-0.4, -0.2) is 50.8 Å². The third-order valence-electron chi connectivity index (χ3n) is 2.72. The second kappa shape index (κ2) is 6.35. The van der Waals surface area contributed by atoms with E-state index in [1.165, 1.54) is 25.9 Å². The van der Waals surface area contributed by atoms with E-state index in [1.54, 1.807) is 0 Å². The first-order valence-electron chi connectivity index (χ1n) is 5.33. The molecular formula is C10H22N2O. The quantitative estimate of drug-likeness (QED) is 0.640. The standard InChI is InChI=1S/C10H22N2O/c1-3-13-9-8-12(2)10-4-6-11-7-5-10/h10-11H,3-9H2,1-2H3. The third-order valence-corrected chi connectivity index (χ3v) is 2.72. The fraction of sp³-hybridized carbons (Fsp3) is 1.00. The minimum atomic E-state index is 0.765. The SMILES string of the molecule is CCOCCN(C)C1CCNCC1. The van der Waals surface area contributed by atoms with E-state index in [1.807, 2.05) is 6.92 Å². The zero-order valence-electron chi connectivity index (χ0n) is 8.88. The van der Waals surface area contributed by atoms with Crippen molar-refractivity contribution in [2.24, 2.45) is 0 Å². The molecule has 0 spiro atoms. The lowest BCUT2D eigenvalue weighted by molar-refractivity contribution is 0.0993. The molecule has 1 fully saturated rings. The molecule has 3 nitrogen and oxygen atoms in total. The van der Waals surface area contributed by atoms with Crippen molar-refractivity contribution >= 4 is 0 Å². The fourth-order valence-electron chi connectivity index (χ4n) is 1.78. The molecule has 0 aromatic heterocycles. The number of hydrogen-bond donors (Lipinski definition) is 1. The first-order valence-corrected chi connectivity index (χ1v) is 5.33. The molecule has 0 aromatic carbocycles. The van der Waals surface area contributed by atoms with Gasteiger partial charge in [-0.25, -0.2) is 0 Å². The average molecular weight is 186 g/mol. The lowest BCUT2D eigenvalue weighted by Crippen LogP contribution is -2.42. The van der Waals surface area contributed by atoms with Crippen molar-refractivity contribution in [2.75, 3.05) is 39.9 Å². The normalized spacial score (nSPS) is 19.6. The number of rotatable bonds is 5. The van der Waals surface area contributed by atoms with E-state index in [0.29, 0.717) is 0 Å². The summed E-state index contributed by atoms with van der Waals surface area (Å²) in [5.74, 6) is 0. The zero-order chi connectivity index (χ0) is 9.52. The van der Waals surface area contributed by atoms with E-state index in [2.05, 4.69) is 17.3 Å². The smallest absolute Gasteiger partial charge is 0.0593 e. The van der Waals surface area contributed by atoms with Crippen LogP contribution >= 0.6 is 0 Å². The Morgan fingerprint density at radius 2 is 2.08 bits per heavy atom. The van der Waals surface area contributed by atoms with Crippen LogP contribution in [0.15, 0.2) is 0 Å². The zero-order valence-corrected chi connectivity index (χ0v) is 8.88. The first kappa shape index (κ1) is 11.0. The van der Waals surface area contributed by atoms with Crippen LogP contribution < -0.4 is 5.32 Å². The summed E-state index contributed by atoms with van der Waals surface area (Å²) in [4.78, 5) is 2.43. The van der Waals surface area contributed by atoms with Crippen LogP contribution in [0.3, 0.4) is 0 Å². The highest BCUT2D eigenvalue weighted by Gasteiger charge is 2.16. The summed E-state index contributed by atoms with van der Waals surface area (Å²) in [6.45, 7) is 7.16.